The van der Waals surface area contributed by atoms with Crippen molar-refractivity contribution in [3.05, 3.63) is 71.1 Å². The van der Waals surface area contributed by atoms with Gasteiger partial charge in [-0.3, -0.25) is 4.79 Å². The van der Waals surface area contributed by atoms with Gasteiger partial charge in [0.15, 0.2) is 5.65 Å². The van der Waals surface area contributed by atoms with E-state index in [1.807, 2.05) is 30.3 Å². The Labute approximate surface area is 181 Å². The Balaban J connectivity index is 1.56. The van der Waals surface area contributed by atoms with E-state index in [1.165, 1.54) is 18.1 Å². The Morgan fingerprint density at radius 3 is 2.69 bits per heavy atom. The van der Waals surface area contributed by atoms with Gasteiger partial charge in [0.1, 0.15) is 11.4 Å². The predicted molar refractivity (Wildman–Crippen MR) is 117 cm³/mol. The number of rotatable bonds is 5. The van der Waals surface area contributed by atoms with Gasteiger partial charge >= 0.3 is 0 Å². The Kier molecular flexibility index (Phi) is 5.71. The average Bonchev–Trinajstić information content (AvgIpc) is 3.16. The first-order valence-corrected chi connectivity index (χ1v) is 10.3. The van der Waals surface area contributed by atoms with Gasteiger partial charge in [0.05, 0.1) is 33.2 Å². The van der Waals surface area contributed by atoms with Gasteiger partial charge in [0.25, 0.3) is 0 Å². The summed E-state index contributed by atoms with van der Waals surface area (Å²) in [6.45, 7) is 1.80. The van der Waals surface area contributed by atoms with Gasteiger partial charge in [-0.05, 0) is 37.3 Å². The molecule has 2 aromatic heterocycles. The predicted octanol–water partition coefficient (Wildman–Crippen LogP) is 5.24. The van der Waals surface area contributed by atoms with E-state index in [0.717, 1.165) is 11.1 Å². The molecule has 9 heteroatoms. The van der Waals surface area contributed by atoms with Crippen LogP contribution >= 0.6 is 35.0 Å². The number of thioether (sulfide) groups is 1. The minimum Gasteiger partial charge on any atom is -0.324 e. The zero-order valence-corrected chi connectivity index (χ0v) is 17.5. The molecule has 2 heterocycles. The van der Waals surface area contributed by atoms with Gasteiger partial charge in [0, 0.05) is 5.02 Å². The second kappa shape index (κ2) is 8.41. The van der Waals surface area contributed by atoms with Crippen LogP contribution in [0.15, 0.2) is 66.1 Å². The molecule has 0 radical (unpaired) electrons. The molecule has 0 aliphatic heterocycles. The molecule has 146 valence electrons. The van der Waals surface area contributed by atoms with Crippen LogP contribution in [0.25, 0.3) is 16.7 Å². The third-order valence-corrected chi connectivity index (χ3v) is 5.84. The zero-order chi connectivity index (χ0) is 20.4. The van der Waals surface area contributed by atoms with Crippen molar-refractivity contribution in [1.82, 2.24) is 19.7 Å². The number of carbonyl (C=O) groups excluding carboxylic acids is 1. The zero-order valence-electron chi connectivity index (χ0n) is 15.2. The van der Waals surface area contributed by atoms with Crippen LogP contribution in [0.2, 0.25) is 10.0 Å². The maximum Gasteiger partial charge on any atom is 0.237 e. The van der Waals surface area contributed by atoms with Crippen molar-refractivity contribution in [2.75, 3.05) is 5.32 Å². The fraction of sp³-hybridized carbons (Fsp3) is 0.100. The largest absolute Gasteiger partial charge is 0.324 e. The van der Waals surface area contributed by atoms with Crippen LogP contribution in [-0.4, -0.2) is 30.9 Å². The molecule has 1 atom stereocenters. The number of hydrogen-bond donors (Lipinski definition) is 1. The molecule has 4 aromatic rings. The molecule has 0 fully saturated rings. The number of aromatic nitrogens is 4. The lowest BCUT2D eigenvalue weighted by Crippen LogP contribution is -2.22. The third-order valence-electron chi connectivity index (χ3n) is 4.18. The van der Waals surface area contributed by atoms with E-state index < -0.39 is 5.25 Å². The first-order chi connectivity index (χ1) is 14.0. The monoisotopic (exact) mass is 443 g/mol. The summed E-state index contributed by atoms with van der Waals surface area (Å²) in [5, 5.41) is 9.20. The highest BCUT2D eigenvalue weighted by Gasteiger charge is 2.19. The van der Waals surface area contributed by atoms with E-state index >= 15 is 0 Å². The molecule has 6 nitrogen and oxygen atoms in total. The van der Waals surface area contributed by atoms with Crippen molar-refractivity contribution < 1.29 is 4.79 Å². The number of anilines is 1. The number of hydrogen-bond acceptors (Lipinski definition) is 5. The number of amides is 1. The molecule has 0 bridgehead atoms. The number of carbonyl (C=O) groups is 1. The maximum absolute atomic E-state index is 12.6. The summed E-state index contributed by atoms with van der Waals surface area (Å²) in [4.78, 5) is 21.3. The maximum atomic E-state index is 12.6. The van der Waals surface area contributed by atoms with Gasteiger partial charge in [0.2, 0.25) is 5.91 Å². The van der Waals surface area contributed by atoms with E-state index in [-0.39, 0.29) is 5.91 Å². The number of para-hydroxylation sites is 1. The van der Waals surface area contributed by atoms with Gasteiger partial charge < -0.3 is 5.32 Å². The van der Waals surface area contributed by atoms with Gasteiger partial charge in [-0.15, -0.1) is 0 Å². The van der Waals surface area contributed by atoms with Gasteiger partial charge in [-0.1, -0.05) is 53.2 Å². The van der Waals surface area contributed by atoms with Gasteiger partial charge in [-0.2, -0.15) is 5.10 Å². The van der Waals surface area contributed by atoms with Crippen molar-refractivity contribution in [3.8, 4) is 5.69 Å². The molecular formula is C20H15Cl2N5OS. The van der Waals surface area contributed by atoms with E-state index in [2.05, 4.69) is 20.4 Å². The van der Waals surface area contributed by atoms with E-state index in [0.29, 0.717) is 26.4 Å². The SMILES string of the molecule is CC(Sc1ncnc2c1cnn2-c1ccccc1)C(=O)Nc1ccc(Cl)cc1Cl. The molecule has 1 N–H and O–H groups in total. The van der Waals surface area contributed by atoms with Crippen LogP contribution in [-0.2, 0) is 4.79 Å². The highest BCUT2D eigenvalue weighted by Crippen LogP contribution is 2.30. The summed E-state index contributed by atoms with van der Waals surface area (Å²) in [5.74, 6) is -0.193. The molecule has 0 spiro atoms. The average molecular weight is 444 g/mol. The smallest absolute Gasteiger partial charge is 0.237 e. The second-order valence-electron chi connectivity index (χ2n) is 6.18. The molecule has 2 aromatic carbocycles. The van der Waals surface area contributed by atoms with Crippen LogP contribution in [0, 0.1) is 0 Å². The Morgan fingerprint density at radius 1 is 1.14 bits per heavy atom. The van der Waals surface area contributed by atoms with Gasteiger partial charge in [-0.25, -0.2) is 14.6 Å². The minimum absolute atomic E-state index is 0.193. The van der Waals surface area contributed by atoms with E-state index in [4.69, 9.17) is 23.2 Å². The summed E-state index contributed by atoms with van der Waals surface area (Å²) in [6.07, 6.45) is 3.19. The van der Waals surface area contributed by atoms with E-state index in [1.54, 1.807) is 36.0 Å². The van der Waals surface area contributed by atoms with Crippen molar-refractivity contribution in [3.63, 3.8) is 0 Å². The topological polar surface area (TPSA) is 72.7 Å². The molecule has 0 aliphatic carbocycles. The fourth-order valence-electron chi connectivity index (χ4n) is 2.72. The third kappa shape index (κ3) is 4.22. The number of nitrogens with zero attached hydrogens (tertiary/aromatic N) is 4. The lowest BCUT2D eigenvalue weighted by Gasteiger charge is -2.13. The fourth-order valence-corrected chi connectivity index (χ4v) is 4.06. The first kappa shape index (κ1) is 19.7. The highest BCUT2D eigenvalue weighted by molar-refractivity contribution is 8.00. The van der Waals surface area contributed by atoms with Crippen molar-refractivity contribution in [2.45, 2.75) is 17.2 Å². The summed E-state index contributed by atoms with van der Waals surface area (Å²) >= 11 is 13.4. The molecule has 1 amide bonds. The summed E-state index contributed by atoms with van der Waals surface area (Å²) < 4.78 is 1.75. The molecule has 0 saturated heterocycles. The summed E-state index contributed by atoms with van der Waals surface area (Å²) in [7, 11) is 0. The van der Waals surface area contributed by atoms with Crippen LogP contribution in [0.4, 0.5) is 5.69 Å². The molecule has 4 rings (SSSR count). The standard InChI is InChI=1S/C20H15Cl2N5OS/c1-12(19(28)26-17-8-7-13(21)9-16(17)22)29-20-15-10-25-27(18(15)23-11-24-20)14-5-3-2-4-6-14/h2-12H,1H3,(H,26,28). The molecular weight excluding hydrogens is 429 g/mol. The van der Waals surface area contributed by atoms with Crippen LogP contribution < -0.4 is 5.32 Å². The normalized spacial score (nSPS) is 12.1. The molecule has 29 heavy (non-hydrogen) atoms. The molecule has 1 unspecified atom stereocenters. The summed E-state index contributed by atoms with van der Waals surface area (Å²) in [6, 6.07) is 14.7. The Hall–Kier alpha value is -2.61. The Morgan fingerprint density at radius 2 is 1.93 bits per heavy atom. The highest BCUT2D eigenvalue weighted by atomic mass is 35.5. The molecule has 0 aliphatic rings. The number of halogens is 2. The first-order valence-electron chi connectivity index (χ1n) is 8.69. The minimum atomic E-state index is -0.417. The number of fused-ring (bicyclic) bond motifs is 1. The lowest BCUT2D eigenvalue weighted by atomic mass is 10.3. The Bertz CT molecular complexity index is 1180. The van der Waals surface area contributed by atoms with Crippen LogP contribution in [0.1, 0.15) is 6.92 Å². The van der Waals surface area contributed by atoms with Crippen molar-refractivity contribution in [2.24, 2.45) is 0 Å². The quantitative estimate of drug-likeness (QED) is 0.337. The van der Waals surface area contributed by atoms with E-state index in [9.17, 15) is 4.79 Å². The van der Waals surface area contributed by atoms with Crippen LogP contribution in [0.3, 0.4) is 0 Å². The van der Waals surface area contributed by atoms with Crippen molar-refractivity contribution >= 4 is 57.6 Å². The summed E-state index contributed by atoms with van der Waals surface area (Å²) in [5.41, 5.74) is 2.10. The van der Waals surface area contributed by atoms with Crippen LogP contribution in [0.5, 0.6) is 0 Å². The van der Waals surface area contributed by atoms with Crippen molar-refractivity contribution in [1.29, 1.82) is 0 Å². The molecule has 0 saturated carbocycles. The number of benzene rings is 2. The lowest BCUT2D eigenvalue weighted by molar-refractivity contribution is -0.115. The number of nitrogens with one attached hydrogen (secondary N) is 1. The second-order valence-corrected chi connectivity index (χ2v) is 8.35.